The standard InChI is InChI=1S/C30H35ClN4O2/c1-2-17-33-19-21-34(22-20-33)26-12-8-24(9-13-26)29(37)32-30-15-3-4-27(30)35(18-16-30)28(36)14-7-23-5-10-25(31)11-6-23/h5-6,8-13,27H,2-4,15-22H2,1H3,(H,32,37)/t27-,30+/m0/s1. The monoisotopic (exact) mass is 518 g/mol. The van der Waals surface area contributed by atoms with Gasteiger partial charge in [0, 0.05) is 60.5 Å². The summed E-state index contributed by atoms with van der Waals surface area (Å²) in [6.07, 6.45) is 4.71. The van der Waals surface area contributed by atoms with Crippen molar-refractivity contribution in [3.05, 3.63) is 64.7 Å². The molecular formula is C30H35ClN4O2. The van der Waals surface area contributed by atoms with E-state index in [2.05, 4.69) is 46.0 Å². The van der Waals surface area contributed by atoms with E-state index in [-0.39, 0.29) is 23.4 Å². The Hall–Kier alpha value is -3.01. The summed E-state index contributed by atoms with van der Waals surface area (Å²) in [6.45, 7) is 8.19. The molecule has 0 bridgehead atoms. The van der Waals surface area contributed by atoms with Gasteiger partial charge >= 0.3 is 0 Å². The topological polar surface area (TPSA) is 55.9 Å². The van der Waals surface area contributed by atoms with Crippen LogP contribution in [0.1, 0.15) is 54.9 Å². The Balaban J connectivity index is 1.21. The van der Waals surface area contributed by atoms with E-state index in [0.29, 0.717) is 17.1 Å². The Morgan fingerprint density at radius 3 is 2.43 bits per heavy atom. The van der Waals surface area contributed by atoms with Crippen molar-refractivity contribution in [2.75, 3.05) is 44.2 Å². The van der Waals surface area contributed by atoms with Crippen LogP contribution in [0.15, 0.2) is 48.5 Å². The van der Waals surface area contributed by atoms with Gasteiger partial charge in [-0.15, -0.1) is 0 Å². The van der Waals surface area contributed by atoms with Gasteiger partial charge in [-0.05, 0) is 87.2 Å². The predicted octanol–water partition coefficient (Wildman–Crippen LogP) is 4.18. The zero-order valence-electron chi connectivity index (χ0n) is 21.5. The normalized spacial score (nSPS) is 23.4. The Morgan fingerprint density at radius 1 is 1.00 bits per heavy atom. The minimum Gasteiger partial charge on any atom is -0.369 e. The molecule has 6 nitrogen and oxygen atoms in total. The molecule has 5 rings (SSSR count). The second-order valence-electron chi connectivity index (χ2n) is 10.4. The van der Waals surface area contributed by atoms with Crippen LogP contribution in [-0.2, 0) is 4.79 Å². The van der Waals surface area contributed by atoms with Gasteiger partial charge in [-0.2, -0.15) is 0 Å². The number of anilines is 1. The molecule has 7 heteroatoms. The zero-order chi connectivity index (χ0) is 25.8. The molecule has 2 aromatic carbocycles. The van der Waals surface area contributed by atoms with Crippen molar-refractivity contribution < 1.29 is 9.59 Å². The molecule has 2 amide bonds. The molecule has 0 spiro atoms. The summed E-state index contributed by atoms with van der Waals surface area (Å²) in [4.78, 5) is 33.0. The maximum atomic E-state index is 13.3. The third-order valence-electron chi connectivity index (χ3n) is 8.10. The van der Waals surface area contributed by atoms with Crippen LogP contribution in [0.2, 0.25) is 5.02 Å². The second-order valence-corrected chi connectivity index (χ2v) is 10.8. The predicted molar refractivity (Wildman–Crippen MR) is 148 cm³/mol. The third-order valence-corrected chi connectivity index (χ3v) is 8.35. The highest BCUT2D eigenvalue weighted by molar-refractivity contribution is 6.30. The van der Waals surface area contributed by atoms with Crippen molar-refractivity contribution in [2.45, 2.75) is 50.6 Å². The molecule has 0 unspecified atom stereocenters. The molecule has 2 saturated heterocycles. The number of likely N-dealkylation sites (tertiary alicyclic amines) is 1. The fourth-order valence-corrected chi connectivity index (χ4v) is 6.25. The van der Waals surface area contributed by atoms with Gasteiger partial charge in [-0.1, -0.05) is 24.4 Å². The van der Waals surface area contributed by atoms with Crippen molar-refractivity contribution in [3.8, 4) is 11.8 Å². The van der Waals surface area contributed by atoms with Crippen molar-refractivity contribution in [1.29, 1.82) is 0 Å². The summed E-state index contributed by atoms with van der Waals surface area (Å²) in [6, 6.07) is 15.1. The number of nitrogens with one attached hydrogen (secondary N) is 1. The molecule has 37 heavy (non-hydrogen) atoms. The number of carbonyl (C=O) groups is 2. The van der Waals surface area contributed by atoms with Crippen LogP contribution in [0, 0.1) is 11.8 Å². The van der Waals surface area contributed by atoms with Crippen molar-refractivity contribution in [2.24, 2.45) is 0 Å². The van der Waals surface area contributed by atoms with Crippen LogP contribution >= 0.6 is 11.6 Å². The second kappa shape index (κ2) is 11.2. The minimum absolute atomic E-state index is 0.0119. The number of nitrogens with zero attached hydrogens (tertiary/aromatic N) is 3. The summed E-state index contributed by atoms with van der Waals surface area (Å²) in [5, 5.41) is 3.98. The van der Waals surface area contributed by atoms with Crippen LogP contribution in [0.4, 0.5) is 5.69 Å². The number of carbonyl (C=O) groups excluding carboxylic acids is 2. The third kappa shape index (κ3) is 5.63. The molecule has 1 saturated carbocycles. The molecule has 2 heterocycles. The maximum Gasteiger partial charge on any atom is 0.299 e. The molecular weight excluding hydrogens is 484 g/mol. The quantitative estimate of drug-likeness (QED) is 0.603. The van der Waals surface area contributed by atoms with E-state index in [1.165, 1.54) is 12.1 Å². The number of piperazine rings is 1. The molecule has 0 aromatic heterocycles. The van der Waals surface area contributed by atoms with Crippen LogP contribution in [0.5, 0.6) is 0 Å². The number of benzene rings is 2. The van der Waals surface area contributed by atoms with E-state index in [4.69, 9.17) is 11.6 Å². The van der Waals surface area contributed by atoms with Crippen LogP contribution < -0.4 is 10.2 Å². The highest BCUT2D eigenvalue weighted by Gasteiger charge is 2.52. The first-order valence-corrected chi connectivity index (χ1v) is 13.8. The lowest BCUT2D eigenvalue weighted by molar-refractivity contribution is -0.126. The summed E-state index contributed by atoms with van der Waals surface area (Å²) >= 11 is 5.94. The molecule has 1 N–H and O–H groups in total. The minimum atomic E-state index is -0.372. The molecule has 2 atom stereocenters. The number of hydrogen-bond donors (Lipinski definition) is 1. The van der Waals surface area contributed by atoms with Gasteiger partial charge in [0.15, 0.2) is 0 Å². The SMILES string of the molecule is CCCN1CCN(c2ccc(C(=O)N[C@@]34CCC[C@@H]3N(C(=O)C#Cc3ccc(Cl)cc3)CC4)cc2)CC1. The van der Waals surface area contributed by atoms with Gasteiger partial charge in [-0.3, -0.25) is 14.5 Å². The fraction of sp³-hybridized carbons (Fsp3) is 0.467. The van der Waals surface area contributed by atoms with Crippen molar-refractivity contribution >= 4 is 29.1 Å². The number of amides is 2. The molecule has 0 radical (unpaired) electrons. The van der Waals surface area contributed by atoms with Gasteiger partial charge in [0.2, 0.25) is 0 Å². The number of hydrogen-bond acceptors (Lipinski definition) is 4. The largest absolute Gasteiger partial charge is 0.369 e. The van der Waals surface area contributed by atoms with Gasteiger partial charge < -0.3 is 15.1 Å². The van der Waals surface area contributed by atoms with E-state index in [1.807, 2.05) is 29.2 Å². The zero-order valence-corrected chi connectivity index (χ0v) is 22.3. The van der Waals surface area contributed by atoms with Gasteiger partial charge in [-0.25, -0.2) is 0 Å². The summed E-state index contributed by atoms with van der Waals surface area (Å²) in [7, 11) is 0. The highest BCUT2D eigenvalue weighted by atomic mass is 35.5. The summed E-state index contributed by atoms with van der Waals surface area (Å²) in [5.74, 6) is 5.51. The average molecular weight is 519 g/mol. The smallest absolute Gasteiger partial charge is 0.299 e. The molecule has 194 valence electrons. The van der Waals surface area contributed by atoms with Gasteiger partial charge in [0.05, 0.1) is 11.6 Å². The highest BCUT2D eigenvalue weighted by Crippen LogP contribution is 2.42. The van der Waals surface area contributed by atoms with E-state index in [0.717, 1.165) is 64.0 Å². The molecule has 3 fully saturated rings. The lowest BCUT2D eigenvalue weighted by Crippen LogP contribution is -2.54. The Bertz CT molecular complexity index is 1180. The summed E-state index contributed by atoms with van der Waals surface area (Å²) < 4.78 is 0. The Kier molecular flexibility index (Phi) is 7.73. The first kappa shape index (κ1) is 25.6. The molecule has 2 aromatic rings. The Morgan fingerprint density at radius 2 is 1.73 bits per heavy atom. The van der Waals surface area contributed by atoms with Crippen LogP contribution in [-0.4, -0.2) is 72.5 Å². The molecule has 2 aliphatic heterocycles. The van der Waals surface area contributed by atoms with Gasteiger partial charge in [0.1, 0.15) is 0 Å². The first-order valence-electron chi connectivity index (χ1n) is 13.5. The molecule has 1 aliphatic carbocycles. The number of fused-ring (bicyclic) bond motifs is 1. The van der Waals surface area contributed by atoms with E-state index in [1.54, 1.807) is 12.1 Å². The van der Waals surface area contributed by atoms with Crippen molar-refractivity contribution in [3.63, 3.8) is 0 Å². The lowest BCUT2D eigenvalue weighted by atomic mass is 9.92. The van der Waals surface area contributed by atoms with E-state index < -0.39 is 0 Å². The van der Waals surface area contributed by atoms with E-state index >= 15 is 0 Å². The number of halogens is 1. The average Bonchev–Trinajstić information content (AvgIpc) is 3.47. The summed E-state index contributed by atoms with van der Waals surface area (Å²) in [5.41, 5.74) is 2.22. The van der Waals surface area contributed by atoms with E-state index in [9.17, 15) is 9.59 Å². The van der Waals surface area contributed by atoms with Gasteiger partial charge in [0.25, 0.3) is 11.8 Å². The fourth-order valence-electron chi connectivity index (χ4n) is 6.13. The van der Waals surface area contributed by atoms with Crippen molar-refractivity contribution in [1.82, 2.24) is 15.1 Å². The number of rotatable bonds is 5. The Labute approximate surface area is 224 Å². The lowest BCUT2D eigenvalue weighted by Gasteiger charge is -2.36. The maximum absolute atomic E-state index is 13.3. The molecule has 3 aliphatic rings. The van der Waals surface area contributed by atoms with Crippen LogP contribution in [0.25, 0.3) is 0 Å². The van der Waals surface area contributed by atoms with Crippen LogP contribution in [0.3, 0.4) is 0 Å². The first-order chi connectivity index (χ1) is 18.0.